The molecular formula is C20H23N5O. The molecule has 0 saturated carbocycles. The molecule has 4 rings (SSSR count). The Morgan fingerprint density at radius 1 is 1.12 bits per heavy atom. The van der Waals surface area contributed by atoms with E-state index >= 15 is 0 Å². The van der Waals surface area contributed by atoms with E-state index in [0.717, 1.165) is 48.9 Å². The fourth-order valence-electron chi connectivity index (χ4n) is 3.47. The highest BCUT2D eigenvalue weighted by molar-refractivity contribution is 5.67. The molecule has 26 heavy (non-hydrogen) atoms. The third kappa shape index (κ3) is 3.27. The second kappa shape index (κ2) is 7.15. The van der Waals surface area contributed by atoms with Gasteiger partial charge in [-0.3, -0.25) is 4.68 Å². The second-order valence-corrected chi connectivity index (χ2v) is 6.66. The number of para-hydroxylation sites is 1. The Labute approximate surface area is 153 Å². The van der Waals surface area contributed by atoms with Crippen LogP contribution in [0, 0.1) is 6.92 Å². The number of piperidine rings is 1. The standard InChI is InChI=1S/C20H23N5O/c1-15-13-22-25(14-15)16-8-11-24(12-9-16)20-21-10-7-18(23-20)17-5-3-4-6-19(17)26-2/h3-7,10,13-14,16H,8-9,11-12H2,1-2H3. The molecule has 3 heterocycles. The van der Waals surface area contributed by atoms with Gasteiger partial charge in [-0.25, -0.2) is 9.97 Å². The summed E-state index contributed by atoms with van der Waals surface area (Å²) in [6.45, 7) is 3.94. The molecule has 0 atom stereocenters. The van der Waals surface area contributed by atoms with Crippen molar-refractivity contribution in [2.24, 2.45) is 0 Å². The number of hydrogen-bond acceptors (Lipinski definition) is 5. The normalized spacial score (nSPS) is 15.2. The maximum absolute atomic E-state index is 5.47. The monoisotopic (exact) mass is 349 g/mol. The predicted octanol–water partition coefficient (Wildman–Crippen LogP) is 3.50. The van der Waals surface area contributed by atoms with Gasteiger partial charge in [0, 0.05) is 31.0 Å². The minimum absolute atomic E-state index is 0.456. The molecule has 0 unspecified atom stereocenters. The lowest BCUT2D eigenvalue weighted by atomic mass is 10.1. The van der Waals surface area contributed by atoms with Gasteiger partial charge in [-0.2, -0.15) is 5.10 Å². The molecule has 1 saturated heterocycles. The first-order valence-corrected chi connectivity index (χ1v) is 8.97. The van der Waals surface area contributed by atoms with Crippen molar-refractivity contribution < 1.29 is 4.74 Å². The molecule has 2 aromatic heterocycles. The van der Waals surface area contributed by atoms with Crippen LogP contribution in [-0.2, 0) is 0 Å². The number of anilines is 1. The zero-order chi connectivity index (χ0) is 17.9. The van der Waals surface area contributed by atoms with Crippen LogP contribution in [0.1, 0.15) is 24.4 Å². The Kier molecular flexibility index (Phi) is 4.56. The van der Waals surface area contributed by atoms with Crippen molar-refractivity contribution in [1.82, 2.24) is 19.7 Å². The van der Waals surface area contributed by atoms with Crippen LogP contribution in [0.5, 0.6) is 5.75 Å². The summed E-state index contributed by atoms with van der Waals surface area (Å²) in [7, 11) is 1.68. The van der Waals surface area contributed by atoms with Gasteiger partial charge in [-0.1, -0.05) is 12.1 Å². The van der Waals surface area contributed by atoms with Crippen LogP contribution >= 0.6 is 0 Å². The lowest BCUT2D eigenvalue weighted by Crippen LogP contribution is -2.35. The number of nitrogens with zero attached hydrogens (tertiary/aromatic N) is 5. The summed E-state index contributed by atoms with van der Waals surface area (Å²) in [6, 6.07) is 10.3. The SMILES string of the molecule is COc1ccccc1-c1ccnc(N2CCC(n3cc(C)cn3)CC2)n1. The average Bonchev–Trinajstić information content (AvgIpc) is 3.14. The average molecular weight is 349 g/mol. The highest BCUT2D eigenvalue weighted by atomic mass is 16.5. The summed E-state index contributed by atoms with van der Waals surface area (Å²) in [4.78, 5) is 11.5. The van der Waals surface area contributed by atoms with E-state index in [2.05, 4.69) is 32.8 Å². The van der Waals surface area contributed by atoms with Crippen LogP contribution in [0.25, 0.3) is 11.3 Å². The van der Waals surface area contributed by atoms with Crippen molar-refractivity contribution in [3.05, 3.63) is 54.5 Å². The number of aromatic nitrogens is 4. The predicted molar refractivity (Wildman–Crippen MR) is 101 cm³/mol. The molecule has 6 nitrogen and oxygen atoms in total. The maximum Gasteiger partial charge on any atom is 0.225 e. The van der Waals surface area contributed by atoms with E-state index in [0.29, 0.717) is 6.04 Å². The lowest BCUT2D eigenvalue weighted by Gasteiger charge is -2.32. The topological polar surface area (TPSA) is 56.1 Å². The van der Waals surface area contributed by atoms with Gasteiger partial charge in [-0.05, 0) is 43.5 Å². The first-order valence-electron chi connectivity index (χ1n) is 8.97. The number of ether oxygens (including phenoxy) is 1. The maximum atomic E-state index is 5.47. The van der Waals surface area contributed by atoms with Crippen molar-refractivity contribution in [1.29, 1.82) is 0 Å². The van der Waals surface area contributed by atoms with Crippen molar-refractivity contribution in [2.75, 3.05) is 25.1 Å². The smallest absolute Gasteiger partial charge is 0.225 e. The minimum Gasteiger partial charge on any atom is -0.496 e. The molecule has 1 aliphatic heterocycles. The minimum atomic E-state index is 0.456. The van der Waals surface area contributed by atoms with Crippen molar-refractivity contribution in [2.45, 2.75) is 25.8 Å². The van der Waals surface area contributed by atoms with E-state index in [1.54, 1.807) is 7.11 Å². The molecule has 3 aromatic rings. The molecule has 1 aromatic carbocycles. The van der Waals surface area contributed by atoms with E-state index in [4.69, 9.17) is 9.72 Å². The Balaban J connectivity index is 1.51. The van der Waals surface area contributed by atoms with Gasteiger partial charge in [0.15, 0.2) is 0 Å². The van der Waals surface area contributed by atoms with Crippen LogP contribution in [0.15, 0.2) is 48.9 Å². The van der Waals surface area contributed by atoms with Gasteiger partial charge in [0.05, 0.1) is 25.0 Å². The van der Waals surface area contributed by atoms with Gasteiger partial charge < -0.3 is 9.64 Å². The Bertz CT molecular complexity index is 883. The molecule has 0 N–H and O–H groups in total. The molecule has 0 amide bonds. The van der Waals surface area contributed by atoms with Crippen molar-refractivity contribution in [3.63, 3.8) is 0 Å². The zero-order valence-corrected chi connectivity index (χ0v) is 15.2. The largest absolute Gasteiger partial charge is 0.496 e. The first-order chi connectivity index (χ1) is 12.7. The van der Waals surface area contributed by atoms with E-state index in [1.165, 1.54) is 5.56 Å². The molecule has 0 spiro atoms. The van der Waals surface area contributed by atoms with Crippen molar-refractivity contribution in [3.8, 4) is 17.0 Å². The first kappa shape index (κ1) is 16.6. The Morgan fingerprint density at radius 2 is 1.92 bits per heavy atom. The third-order valence-corrected chi connectivity index (χ3v) is 4.88. The number of hydrogen-bond donors (Lipinski definition) is 0. The molecule has 1 aliphatic rings. The van der Waals surface area contributed by atoms with Gasteiger partial charge in [0.25, 0.3) is 0 Å². The van der Waals surface area contributed by atoms with Crippen LogP contribution in [0.3, 0.4) is 0 Å². The number of benzene rings is 1. The molecule has 134 valence electrons. The summed E-state index contributed by atoms with van der Waals surface area (Å²) >= 11 is 0. The lowest BCUT2D eigenvalue weighted by molar-refractivity contribution is 0.364. The third-order valence-electron chi connectivity index (χ3n) is 4.88. The van der Waals surface area contributed by atoms with Gasteiger partial charge in [0.2, 0.25) is 5.95 Å². The van der Waals surface area contributed by atoms with E-state index in [9.17, 15) is 0 Å². The Morgan fingerprint density at radius 3 is 2.65 bits per heavy atom. The molecule has 0 aliphatic carbocycles. The second-order valence-electron chi connectivity index (χ2n) is 6.66. The van der Waals surface area contributed by atoms with Crippen LogP contribution in [0.2, 0.25) is 0 Å². The van der Waals surface area contributed by atoms with E-state index in [1.807, 2.05) is 42.7 Å². The van der Waals surface area contributed by atoms with Gasteiger partial charge in [0.1, 0.15) is 5.75 Å². The van der Waals surface area contributed by atoms with Gasteiger partial charge >= 0.3 is 0 Å². The molecule has 6 heteroatoms. The summed E-state index contributed by atoms with van der Waals surface area (Å²) in [6.07, 6.45) is 7.96. The molecular weight excluding hydrogens is 326 g/mol. The number of methoxy groups -OCH3 is 1. The summed E-state index contributed by atoms with van der Waals surface area (Å²) in [5.74, 6) is 1.61. The van der Waals surface area contributed by atoms with Crippen LogP contribution in [0.4, 0.5) is 5.95 Å². The zero-order valence-electron chi connectivity index (χ0n) is 15.2. The Hall–Kier alpha value is -2.89. The molecule has 0 bridgehead atoms. The number of rotatable bonds is 4. The van der Waals surface area contributed by atoms with E-state index < -0.39 is 0 Å². The number of aryl methyl sites for hydroxylation is 1. The summed E-state index contributed by atoms with van der Waals surface area (Å²) in [5.41, 5.74) is 3.08. The van der Waals surface area contributed by atoms with Gasteiger partial charge in [-0.15, -0.1) is 0 Å². The molecule has 1 fully saturated rings. The van der Waals surface area contributed by atoms with Crippen LogP contribution in [-0.4, -0.2) is 39.9 Å². The summed E-state index contributed by atoms with van der Waals surface area (Å²) < 4.78 is 7.56. The van der Waals surface area contributed by atoms with E-state index in [-0.39, 0.29) is 0 Å². The van der Waals surface area contributed by atoms with Crippen LogP contribution < -0.4 is 9.64 Å². The fourth-order valence-corrected chi connectivity index (χ4v) is 3.47. The quantitative estimate of drug-likeness (QED) is 0.721. The van der Waals surface area contributed by atoms with Crippen molar-refractivity contribution >= 4 is 5.95 Å². The fraction of sp³-hybridized carbons (Fsp3) is 0.350. The highest BCUT2D eigenvalue weighted by Crippen LogP contribution is 2.30. The molecule has 0 radical (unpaired) electrons. The summed E-state index contributed by atoms with van der Waals surface area (Å²) in [5, 5.41) is 4.46. The highest BCUT2D eigenvalue weighted by Gasteiger charge is 2.23.